The van der Waals surface area contributed by atoms with E-state index in [0.717, 1.165) is 31.5 Å². The van der Waals surface area contributed by atoms with Gasteiger partial charge in [-0.3, -0.25) is 9.59 Å². The van der Waals surface area contributed by atoms with Gasteiger partial charge in [0.1, 0.15) is 5.82 Å². The van der Waals surface area contributed by atoms with Crippen LogP contribution in [0.1, 0.15) is 34.7 Å². The number of halogens is 2. The van der Waals surface area contributed by atoms with Crippen molar-refractivity contribution in [2.75, 3.05) is 26.2 Å². The third kappa shape index (κ3) is 3.63. The average molecular weight is 401 g/mol. The number of hydrogen-bond acceptors (Lipinski definition) is 2. The van der Waals surface area contributed by atoms with Crippen LogP contribution >= 0.6 is 11.6 Å². The van der Waals surface area contributed by atoms with Crippen LogP contribution in [0.15, 0.2) is 48.5 Å². The number of rotatable bonds is 3. The number of amides is 2. The van der Waals surface area contributed by atoms with Gasteiger partial charge in [-0.25, -0.2) is 4.39 Å². The Labute approximate surface area is 168 Å². The summed E-state index contributed by atoms with van der Waals surface area (Å²) in [5.74, 6) is -0.876. The molecule has 2 fully saturated rings. The first-order valence-electron chi connectivity index (χ1n) is 9.62. The standard InChI is InChI=1S/C22H22ClFN2O2/c23-20-6-2-1-5-17(20)21(27)26-13-18(15-7-9-16(24)10-8-15)19(14-26)22(28)25-11-3-4-12-25/h1-2,5-10,18-19H,3-4,11-14H2. The predicted octanol–water partition coefficient (Wildman–Crippen LogP) is 3.96. The van der Waals surface area contributed by atoms with Gasteiger partial charge in [-0.05, 0) is 42.7 Å². The molecule has 0 spiro atoms. The molecule has 2 aliphatic rings. The van der Waals surface area contributed by atoms with E-state index in [1.807, 2.05) is 4.90 Å². The van der Waals surface area contributed by atoms with E-state index in [9.17, 15) is 14.0 Å². The Morgan fingerprint density at radius 2 is 1.61 bits per heavy atom. The molecule has 2 aromatic rings. The van der Waals surface area contributed by atoms with Crippen LogP contribution in [0.2, 0.25) is 5.02 Å². The summed E-state index contributed by atoms with van der Waals surface area (Å²) in [7, 11) is 0. The molecule has 0 radical (unpaired) electrons. The van der Waals surface area contributed by atoms with Gasteiger partial charge in [0.25, 0.3) is 5.91 Å². The Hall–Kier alpha value is -2.40. The van der Waals surface area contributed by atoms with Crippen LogP contribution in [-0.2, 0) is 4.79 Å². The molecule has 2 heterocycles. The Kier molecular flexibility index (Phi) is 5.36. The monoisotopic (exact) mass is 400 g/mol. The summed E-state index contributed by atoms with van der Waals surface area (Å²) in [4.78, 5) is 29.8. The van der Waals surface area contributed by atoms with Crippen molar-refractivity contribution >= 4 is 23.4 Å². The maximum absolute atomic E-state index is 13.4. The van der Waals surface area contributed by atoms with Gasteiger partial charge in [0, 0.05) is 32.1 Å². The second-order valence-corrected chi connectivity index (χ2v) is 7.89. The maximum atomic E-state index is 13.4. The van der Waals surface area contributed by atoms with Gasteiger partial charge in [0.2, 0.25) is 5.91 Å². The smallest absolute Gasteiger partial charge is 0.255 e. The first kappa shape index (κ1) is 18.9. The zero-order valence-corrected chi connectivity index (χ0v) is 16.2. The number of carbonyl (C=O) groups excluding carboxylic acids is 2. The molecule has 146 valence electrons. The molecule has 2 aliphatic heterocycles. The SMILES string of the molecule is O=C(c1ccccc1Cl)N1CC(C(=O)N2CCCC2)C(c2ccc(F)cc2)C1. The minimum Gasteiger partial charge on any atom is -0.342 e. The van der Waals surface area contributed by atoms with Gasteiger partial charge in [-0.1, -0.05) is 35.9 Å². The summed E-state index contributed by atoms with van der Waals surface area (Å²) in [6, 6.07) is 13.2. The lowest BCUT2D eigenvalue weighted by Gasteiger charge is -2.24. The van der Waals surface area contributed by atoms with E-state index < -0.39 is 0 Å². The summed E-state index contributed by atoms with van der Waals surface area (Å²) in [5.41, 5.74) is 1.32. The Morgan fingerprint density at radius 1 is 0.929 bits per heavy atom. The zero-order chi connectivity index (χ0) is 19.7. The summed E-state index contributed by atoms with van der Waals surface area (Å²) in [6.45, 7) is 2.30. The van der Waals surface area contributed by atoms with Crippen molar-refractivity contribution in [1.29, 1.82) is 0 Å². The van der Waals surface area contributed by atoms with Gasteiger partial charge in [0.15, 0.2) is 0 Å². The van der Waals surface area contributed by atoms with Crippen LogP contribution in [0.4, 0.5) is 4.39 Å². The van der Waals surface area contributed by atoms with Crippen LogP contribution in [0.25, 0.3) is 0 Å². The largest absolute Gasteiger partial charge is 0.342 e. The minimum atomic E-state index is -0.324. The molecule has 2 aromatic carbocycles. The Bertz CT molecular complexity index is 880. The number of hydrogen-bond donors (Lipinski definition) is 0. The molecule has 2 atom stereocenters. The van der Waals surface area contributed by atoms with Crippen molar-refractivity contribution in [3.63, 3.8) is 0 Å². The molecule has 0 aliphatic carbocycles. The van der Waals surface area contributed by atoms with Gasteiger partial charge in [-0.15, -0.1) is 0 Å². The lowest BCUT2D eigenvalue weighted by molar-refractivity contribution is -0.134. The molecule has 2 unspecified atom stereocenters. The van der Waals surface area contributed by atoms with E-state index in [1.54, 1.807) is 41.3 Å². The zero-order valence-electron chi connectivity index (χ0n) is 15.5. The molecule has 0 bridgehead atoms. The predicted molar refractivity (Wildman–Crippen MR) is 106 cm³/mol. The number of benzene rings is 2. The van der Waals surface area contributed by atoms with Gasteiger partial charge >= 0.3 is 0 Å². The molecular formula is C22H22ClFN2O2. The van der Waals surface area contributed by atoms with Gasteiger partial charge in [0.05, 0.1) is 16.5 Å². The van der Waals surface area contributed by atoms with E-state index in [4.69, 9.17) is 11.6 Å². The number of carbonyl (C=O) groups is 2. The van der Waals surface area contributed by atoms with Crippen LogP contribution in [0, 0.1) is 11.7 Å². The fraction of sp³-hybridized carbons (Fsp3) is 0.364. The fourth-order valence-corrected chi connectivity index (χ4v) is 4.46. The average Bonchev–Trinajstić information content (AvgIpc) is 3.38. The second-order valence-electron chi connectivity index (χ2n) is 7.49. The summed E-state index contributed by atoms with van der Waals surface area (Å²) in [6.07, 6.45) is 2.03. The number of nitrogens with zero attached hydrogens (tertiary/aromatic N) is 2. The molecule has 6 heteroatoms. The first-order chi connectivity index (χ1) is 13.5. The second kappa shape index (κ2) is 7.92. The molecule has 0 N–H and O–H groups in total. The van der Waals surface area contributed by atoms with Crippen molar-refractivity contribution in [2.24, 2.45) is 5.92 Å². The highest BCUT2D eigenvalue weighted by molar-refractivity contribution is 6.33. The maximum Gasteiger partial charge on any atom is 0.255 e. The number of likely N-dealkylation sites (tertiary alicyclic amines) is 2. The van der Waals surface area contributed by atoms with Gasteiger partial charge in [-0.2, -0.15) is 0 Å². The van der Waals surface area contributed by atoms with Gasteiger partial charge < -0.3 is 9.80 Å². The lowest BCUT2D eigenvalue weighted by Crippen LogP contribution is -2.37. The highest BCUT2D eigenvalue weighted by atomic mass is 35.5. The van der Waals surface area contributed by atoms with E-state index in [1.165, 1.54) is 12.1 Å². The van der Waals surface area contributed by atoms with Crippen molar-refractivity contribution in [1.82, 2.24) is 9.80 Å². The Morgan fingerprint density at radius 3 is 2.29 bits per heavy atom. The summed E-state index contributed by atoms with van der Waals surface area (Å²) >= 11 is 6.21. The summed E-state index contributed by atoms with van der Waals surface area (Å²) in [5, 5.41) is 0.403. The molecule has 0 saturated carbocycles. The van der Waals surface area contributed by atoms with E-state index in [-0.39, 0.29) is 29.5 Å². The van der Waals surface area contributed by atoms with Crippen LogP contribution in [0.5, 0.6) is 0 Å². The first-order valence-corrected chi connectivity index (χ1v) is 10.0. The van der Waals surface area contributed by atoms with E-state index in [2.05, 4.69) is 0 Å². The molecule has 0 aromatic heterocycles. The molecular weight excluding hydrogens is 379 g/mol. The van der Waals surface area contributed by atoms with Crippen LogP contribution in [0.3, 0.4) is 0 Å². The lowest BCUT2D eigenvalue weighted by atomic mass is 9.88. The van der Waals surface area contributed by atoms with Crippen LogP contribution in [-0.4, -0.2) is 47.8 Å². The third-order valence-electron chi connectivity index (χ3n) is 5.74. The molecule has 2 saturated heterocycles. The van der Waals surface area contributed by atoms with Crippen molar-refractivity contribution in [2.45, 2.75) is 18.8 Å². The van der Waals surface area contributed by atoms with Crippen molar-refractivity contribution < 1.29 is 14.0 Å². The highest BCUT2D eigenvalue weighted by Crippen LogP contribution is 2.36. The van der Waals surface area contributed by atoms with Crippen molar-refractivity contribution in [3.8, 4) is 0 Å². The Balaban J connectivity index is 1.62. The summed E-state index contributed by atoms with van der Waals surface area (Å²) < 4.78 is 13.4. The molecule has 28 heavy (non-hydrogen) atoms. The van der Waals surface area contributed by atoms with E-state index in [0.29, 0.717) is 23.7 Å². The van der Waals surface area contributed by atoms with E-state index >= 15 is 0 Å². The van der Waals surface area contributed by atoms with Crippen LogP contribution < -0.4 is 0 Å². The quantitative estimate of drug-likeness (QED) is 0.782. The highest BCUT2D eigenvalue weighted by Gasteiger charge is 2.42. The third-order valence-corrected chi connectivity index (χ3v) is 6.07. The van der Waals surface area contributed by atoms with Crippen molar-refractivity contribution in [3.05, 3.63) is 70.5 Å². The molecule has 4 nitrogen and oxygen atoms in total. The molecule has 2 amide bonds. The topological polar surface area (TPSA) is 40.6 Å². The molecule has 4 rings (SSSR count). The normalized spacial score (nSPS) is 21.9. The fourth-order valence-electron chi connectivity index (χ4n) is 4.24. The minimum absolute atomic E-state index is 0.0845.